The maximum absolute atomic E-state index is 13.6. The average molecular weight is 309 g/mol. The first-order chi connectivity index (χ1) is 9.88. The lowest BCUT2D eigenvalue weighted by atomic mass is 10.1. The molecule has 0 bridgehead atoms. The second-order valence-electron chi connectivity index (χ2n) is 4.44. The van der Waals surface area contributed by atoms with E-state index in [2.05, 4.69) is 10.3 Å². The van der Waals surface area contributed by atoms with Crippen molar-refractivity contribution in [2.75, 3.05) is 0 Å². The summed E-state index contributed by atoms with van der Waals surface area (Å²) in [6.45, 7) is 3.54. The van der Waals surface area contributed by atoms with Crippen LogP contribution < -0.4 is 5.32 Å². The normalized spacial score (nSPS) is 12.0. The first-order valence-electron chi connectivity index (χ1n) is 6.05. The number of carbonyl (C=O) groups excluding carboxylic acids is 1. The topological polar surface area (TPSA) is 85.1 Å². The van der Waals surface area contributed by atoms with Gasteiger partial charge in [-0.25, -0.2) is 9.37 Å². The first-order valence-corrected chi connectivity index (χ1v) is 6.93. The molecule has 1 N–H and O–H groups in total. The number of aromatic nitrogens is 1. The number of nitrogens with one attached hydrogen (secondary N) is 1. The minimum absolute atomic E-state index is 0.334. The van der Waals surface area contributed by atoms with Gasteiger partial charge >= 0.3 is 0 Å². The number of carbonyl (C=O) groups is 1. The number of halogens is 1. The molecule has 0 saturated heterocycles. The SMILES string of the molecule is Cc1csc(C(C)NC(=O)c2cc([N+](=O)[O-])ccc2F)n1. The number of nitrogens with zero attached hydrogens (tertiary/aromatic N) is 2. The summed E-state index contributed by atoms with van der Waals surface area (Å²) in [6.07, 6.45) is 0. The molecule has 1 heterocycles. The molecule has 1 unspecified atom stereocenters. The summed E-state index contributed by atoms with van der Waals surface area (Å²) in [5, 5.41) is 15.8. The van der Waals surface area contributed by atoms with Crippen LogP contribution in [0.1, 0.15) is 34.0 Å². The molecule has 21 heavy (non-hydrogen) atoms. The summed E-state index contributed by atoms with van der Waals surface area (Å²) in [5.41, 5.74) is 0.140. The number of aryl methyl sites for hydroxylation is 1. The maximum Gasteiger partial charge on any atom is 0.270 e. The van der Waals surface area contributed by atoms with Gasteiger partial charge in [0.15, 0.2) is 0 Å². The molecule has 2 rings (SSSR count). The Morgan fingerprint density at radius 3 is 2.81 bits per heavy atom. The summed E-state index contributed by atoms with van der Waals surface area (Å²) in [6, 6.07) is 2.44. The van der Waals surface area contributed by atoms with Gasteiger partial charge in [-0.2, -0.15) is 0 Å². The highest BCUT2D eigenvalue weighted by molar-refractivity contribution is 7.09. The molecule has 6 nitrogen and oxygen atoms in total. The van der Waals surface area contributed by atoms with E-state index in [1.54, 1.807) is 6.92 Å². The van der Waals surface area contributed by atoms with E-state index in [-0.39, 0.29) is 11.3 Å². The van der Waals surface area contributed by atoms with Crippen LogP contribution in [0.3, 0.4) is 0 Å². The van der Waals surface area contributed by atoms with E-state index in [4.69, 9.17) is 0 Å². The fourth-order valence-corrected chi connectivity index (χ4v) is 2.51. The number of rotatable bonds is 4. The highest BCUT2D eigenvalue weighted by atomic mass is 32.1. The van der Waals surface area contributed by atoms with Crippen LogP contribution in [0.2, 0.25) is 0 Å². The monoisotopic (exact) mass is 309 g/mol. The van der Waals surface area contributed by atoms with Crippen LogP contribution in [0.4, 0.5) is 10.1 Å². The molecule has 0 saturated carbocycles. The second kappa shape index (κ2) is 5.96. The van der Waals surface area contributed by atoms with Crippen LogP contribution >= 0.6 is 11.3 Å². The predicted molar refractivity (Wildman–Crippen MR) is 75.8 cm³/mol. The third-order valence-corrected chi connectivity index (χ3v) is 3.91. The van der Waals surface area contributed by atoms with Crippen molar-refractivity contribution in [1.82, 2.24) is 10.3 Å². The van der Waals surface area contributed by atoms with Crippen LogP contribution in [-0.4, -0.2) is 15.8 Å². The number of non-ortho nitro benzene ring substituents is 1. The van der Waals surface area contributed by atoms with E-state index >= 15 is 0 Å². The van der Waals surface area contributed by atoms with E-state index in [9.17, 15) is 19.3 Å². The molecule has 0 radical (unpaired) electrons. The second-order valence-corrected chi connectivity index (χ2v) is 5.33. The fraction of sp³-hybridized carbons (Fsp3) is 0.231. The van der Waals surface area contributed by atoms with Crippen molar-refractivity contribution < 1.29 is 14.1 Å². The highest BCUT2D eigenvalue weighted by Gasteiger charge is 2.19. The molecular weight excluding hydrogens is 297 g/mol. The lowest BCUT2D eigenvalue weighted by Gasteiger charge is -2.11. The fourth-order valence-electron chi connectivity index (χ4n) is 1.71. The van der Waals surface area contributed by atoms with Crippen molar-refractivity contribution in [3.63, 3.8) is 0 Å². The minimum Gasteiger partial charge on any atom is -0.343 e. The number of nitro groups is 1. The Hall–Kier alpha value is -2.35. The summed E-state index contributed by atoms with van der Waals surface area (Å²) >= 11 is 1.38. The largest absolute Gasteiger partial charge is 0.343 e. The lowest BCUT2D eigenvalue weighted by Crippen LogP contribution is -2.27. The third kappa shape index (κ3) is 3.40. The zero-order valence-corrected chi connectivity index (χ0v) is 12.1. The van der Waals surface area contributed by atoms with Crippen LogP contribution in [0.5, 0.6) is 0 Å². The van der Waals surface area contributed by atoms with Gasteiger partial charge in [0.2, 0.25) is 0 Å². The van der Waals surface area contributed by atoms with Crippen LogP contribution in [-0.2, 0) is 0 Å². The molecular formula is C13H12FN3O3S. The molecule has 0 aliphatic heterocycles. The number of benzene rings is 1. The Kier molecular flexibility index (Phi) is 4.27. The van der Waals surface area contributed by atoms with E-state index in [0.717, 1.165) is 23.9 Å². The zero-order chi connectivity index (χ0) is 15.6. The smallest absolute Gasteiger partial charge is 0.270 e. The standard InChI is InChI=1S/C13H12FN3O3S/c1-7-6-21-13(15-7)8(2)16-12(18)10-5-9(17(19)20)3-4-11(10)14/h3-6,8H,1-2H3,(H,16,18). The Bertz CT molecular complexity index is 702. The van der Waals surface area contributed by atoms with Gasteiger partial charge in [0.25, 0.3) is 11.6 Å². The number of nitro benzene ring substituents is 1. The number of hydrogen-bond acceptors (Lipinski definition) is 5. The molecule has 1 amide bonds. The van der Waals surface area contributed by atoms with Gasteiger partial charge in [0, 0.05) is 23.2 Å². The van der Waals surface area contributed by atoms with Crippen molar-refractivity contribution in [1.29, 1.82) is 0 Å². The Balaban J connectivity index is 2.20. The van der Waals surface area contributed by atoms with Gasteiger partial charge in [-0.05, 0) is 19.9 Å². The zero-order valence-electron chi connectivity index (χ0n) is 11.3. The van der Waals surface area contributed by atoms with E-state index < -0.39 is 22.7 Å². The van der Waals surface area contributed by atoms with Crippen LogP contribution in [0.25, 0.3) is 0 Å². The first kappa shape index (κ1) is 15.0. The quantitative estimate of drug-likeness (QED) is 0.695. The van der Waals surface area contributed by atoms with Crippen LogP contribution in [0.15, 0.2) is 23.6 Å². The molecule has 110 valence electrons. The Morgan fingerprint density at radius 1 is 1.52 bits per heavy atom. The highest BCUT2D eigenvalue weighted by Crippen LogP contribution is 2.20. The lowest BCUT2D eigenvalue weighted by molar-refractivity contribution is -0.384. The predicted octanol–water partition coefficient (Wildman–Crippen LogP) is 2.99. The average Bonchev–Trinajstić information content (AvgIpc) is 2.85. The number of thiazole rings is 1. The van der Waals surface area contributed by atoms with Gasteiger partial charge in [0.05, 0.1) is 16.5 Å². The third-order valence-electron chi connectivity index (χ3n) is 2.76. The molecule has 0 spiro atoms. The van der Waals surface area contributed by atoms with Crippen LogP contribution in [0, 0.1) is 22.9 Å². The van der Waals surface area contributed by atoms with E-state index in [1.165, 1.54) is 11.3 Å². The van der Waals surface area contributed by atoms with Crippen molar-refractivity contribution in [2.24, 2.45) is 0 Å². The van der Waals surface area contributed by atoms with Crippen molar-refractivity contribution in [2.45, 2.75) is 19.9 Å². The summed E-state index contributed by atoms with van der Waals surface area (Å²) in [5.74, 6) is -1.52. The Labute approximate surface area is 123 Å². The molecule has 0 aliphatic rings. The van der Waals surface area contributed by atoms with Crippen molar-refractivity contribution in [3.05, 3.63) is 55.8 Å². The van der Waals surface area contributed by atoms with Gasteiger partial charge in [0.1, 0.15) is 10.8 Å². The molecule has 1 aromatic heterocycles. The van der Waals surface area contributed by atoms with E-state index in [0.29, 0.717) is 5.01 Å². The molecule has 1 aromatic carbocycles. The van der Waals surface area contributed by atoms with Gasteiger partial charge in [-0.15, -0.1) is 11.3 Å². The minimum atomic E-state index is -0.805. The molecule has 0 fully saturated rings. The van der Waals surface area contributed by atoms with Gasteiger partial charge in [-0.1, -0.05) is 0 Å². The molecule has 2 aromatic rings. The van der Waals surface area contributed by atoms with E-state index in [1.807, 2.05) is 12.3 Å². The summed E-state index contributed by atoms with van der Waals surface area (Å²) in [7, 11) is 0. The number of amides is 1. The molecule has 1 atom stereocenters. The summed E-state index contributed by atoms with van der Waals surface area (Å²) in [4.78, 5) is 26.3. The Morgan fingerprint density at radius 2 is 2.24 bits per heavy atom. The number of hydrogen-bond donors (Lipinski definition) is 1. The van der Waals surface area contributed by atoms with Crippen molar-refractivity contribution in [3.8, 4) is 0 Å². The van der Waals surface area contributed by atoms with Crippen molar-refractivity contribution >= 4 is 22.9 Å². The van der Waals surface area contributed by atoms with Gasteiger partial charge < -0.3 is 5.32 Å². The molecule has 8 heteroatoms. The maximum atomic E-state index is 13.6. The summed E-state index contributed by atoms with van der Waals surface area (Å²) < 4.78 is 13.6. The van der Waals surface area contributed by atoms with Gasteiger partial charge in [-0.3, -0.25) is 14.9 Å². The molecule has 0 aliphatic carbocycles.